The van der Waals surface area contributed by atoms with Crippen LogP contribution < -0.4 is 11.1 Å². The van der Waals surface area contributed by atoms with E-state index in [0.717, 1.165) is 19.2 Å². The van der Waals surface area contributed by atoms with Gasteiger partial charge < -0.3 is 16.2 Å². The van der Waals surface area contributed by atoms with Gasteiger partial charge >= 0.3 is 5.69 Å². The molecule has 4 N–H and O–H groups in total. The second kappa shape index (κ2) is 6.94. The molecule has 0 aliphatic rings. The molecule has 0 aliphatic carbocycles. The number of nitrogens with zero attached hydrogens (tertiary/aromatic N) is 3. The van der Waals surface area contributed by atoms with Crippen LogP contribution in [0.15, 0.2) is 12.4 Å². The van der Waals surface area contributed by atoms with Crippen LogP contribution >= 0.6 is 0 Å². The summed E-state index contributed by atoms with van der Waals surface area (Å²) in [6.45, 7) is 1.98. The molecule has 1 aromatic heterocycles. The lowest BCUT2D eigenvalue weighted by Crippen LogP contribution is -2.31. The third kappa shape index (κ3) is 4.89. The zero-order chi connectivity index (χ0) is 12.7. The van der Waals surface area contributed by atoms with Crippen molar-refractivity contribution in [2.75, 3.05) is 19.6 Å². The molecule has 0 fully saturated rings. The molecule has 1 aromatic rings. The number of nitrogens with two attached hydrogens (primary N) is 1. The first-order chi connectivity index (χ1) is 8.13. The van der Waals surface area contributed by atoms with Crippen LogP contribution in [0.5, 0.6) is 0 Å². The Morgan fingerprint density at radius 2 is 2.47 bits per heavy atom. The number of aliphatic hydroxyl groups excluding tert-OH is 1. The molecule has 0 saturated heterocycles. The lowest BCUT2D eigenvalue weighted by molar-refractivity contribution is -0.385. The van der Waals surface area contributed by atoms with Crippen molar-refractivity contribution in [3.8, 4) is 0 Å². The van der Waals surface area contributed by atoms with Gasteiger partial charge in [-0.2, -0.15) is 5.10 Å². The van der Waals surface area contributed by atoms with E-state index in [2.05, 4.69) is 10.4 Å². The van der Waals surface area contributed by atoms with E-state index < -0.39 is 11.0 Å². The van der Waals surface area contributed by atoms with E-state index in [-0.39, 0.29) is 12.2 Å². The van der Waals surface area contributed by atoms with Crippen molar-refractivity contribution in [2.24, 2.45) is 5.73 Å². The van der Waals surface area contributed by atoms with Gasteiger partial charge in [0.15, 0.2) is 0 Å². The Labute approximate surface area is 98.6 Å². The van der Waals surface area contributed by atoms with Gasteiger partial charge in [0.1, 0.15) is 12.4 Å². The Morgan fingerprint density at radius 1 is 1.71 bits per heavy atom. The van der Waals surface area contributed by atoms with Crippen molar-refractivity contribution in [2.45, 2.75) is 19.1 Å². The average Bonchev–Trinajstić information content (AvgIpc) is 2.73. The van der Waals surface area contributed by atoms with Crippen LogP contribution in [0.1, 0.15) is 6.42 Å². The van der Waals surface area contributed by atoms with Crippen LogP contribution in [0.2, 0.25) is 0 Å². The molecule has 1 unspecified atom stereocenters. The average molecular weight is 243 g/mol. The van der Waals surface area contributed by atoms with E-state index in [1.54, 1.807) is 0 Å². The largest absolute Gasteiger partial charge is 0.390 e. The van der Waals surface area contributed by atoms with Crippen molar-refractivity contribution >= 4 is 5.69 Å². The molecular weight excluding hydrogens is 226 g/mol. The molecule has 8 heteroatoms. The smallest absolute Gasteiger partial charge is 0.306 e. The summed E-state index contributed by atoms with van der Waals surface area (Å²) in [6, 6.07) is 0. The highest BCUT2D eigenvalue weighted by Crippen LogP contribution is 2.07. The summed E-state index contributed by atoms with van der Waals surface area (Å²) in [6.07, 6.45) is 2.67. The number of nitrogens with one attached hydrogen (secondary N) is 1. The zero-order valence-corrected chi connectivity index (χ0v) is 9.45. The highest BCUT2D eigenvalue weighted by atomic mass is 16.6. The monoisotopic (exact) mass is 243 g/mol. The van der Waals surface area contributed by atoms with Gasteiger partial charge in [-0.15, -0.1) is 0 Å². The highest BCUT2D eigenvalue weighted by molar-refractivity contribution is 5.20. The van der Waals surface area contributed by atoms with Crippen molar-refractivity contribution in [1.29, 1.82) is 0 Å². The van der Waals surface area contributed by atoms with Crippen LogP contribution in [0, 0.1) is 10.1 Å². The quantitative estimate of drug-likeness (QED) is 0.309. The van der Waals surface area contributed by atoms with Gasteiger partial charge in [0, 0.05) is 6.54 Å². The minimum Gasteiger partial charge on any atom is -0.390 e. The van der Waals surface area contributed by atoms with Gasteiger partial charge in [0.05, 0.1) is 17.6 Å². The first-order valence-electron chi connectivity index (χ1n) is 5.39. The van der Waals surface area contributed by atoms with Gasteiger partial charge in [-0.25, -0.2) is 0 Å². The van der Waals surface area contributed by atoms with Gasteiger partial charge in [-0.1, -0.05) is 0 Å². The predicted molar refractivity (Wildman–Crippen MR) is 61.4 cm³/mol. The molecule has 96 valence electrons. The van der Waals surface area contributed by atoms with E-state index in [1.165, 1.54) is 10.9 Å². The molecule has 0 saturated carbocycles. The van der Waals surface area contributed by atoms with E-state index >= 15 is 0 Å². The summed E-state index contributed by atoms with van der Waals surface area (Å²) in [7, 11) is 0. The zero-order valence-electron chi connectivity index (χ0n) is 9.45. The Kier molecular flexibility index (Phi) is 5.53. The first-order valence-corrected chi connectivity index (χ1v) is 5.39. The van der Waals surface area contributed by atoms with E-state index in [0.29, 0.717) is 13.1 Å². The number of aromatic nitrogens is 2. The fourth-order valence-electron chi connectivity index (χ4n) is 1.32. The SMILES string of the molecule is NCCCNCC(O)Cn1cc([N+](=O)[O-])cn1. The fourth-order valence-corrected chi connectivity index (χ4v) is 1.32. The van der Waals surface area contributed by atoms with Crippen LogP contribution in [-0.2, 0) is 6.54 Å². The Balaban J connectivity index is 2.29. The minimum atomic E-state index is -0.632. The van der Waals surface area contributed by atoms with Crippen LogP contribution in [-0.4, -0.2) is 45.5 Å². The predicted octanol–water partition coefficient (Wildman–Crippen LogP) is -0.909. The number of rotatable bonds is 8. The second-order valence-corrected chi connectivity index (χ2v) is 3.68. The summed E-state index contributed by atoms with van der Waals surface area (Å²) in [5, 5.41) is 26.9. The van der Waals surface area contributed by atoms with Gasteiger partial charge in [-0.05, 0) is 19.5 Å². The topological polar surface area (TPSA) is 119 Å². The molecule has 0 aromatic carbocycles. The summed E-state index contributed by atoms with van der Waals surface area (Å²) in [5.74, 6) is 0. The number of aliphatic hydroxyl groups is 1. The normalized spacial score (nSPS) is 12.6. The molecule has 8 nitrogen and oxygen atoms in total. The minimum absolute atomic E-state index is 0.0757. The molecule has 1 atom stereocenters. The van der Waals surface area contributed by atoms with E-state index in [4.69, 9.17) is 5.73 Å². The summed E-state index contributed by atoms with van der Waals surface area (Å²) >= 11 is 0. The lowest BCUT2D eigenvalue weighted by atomic mass is 10.3. The van der Waals surface area contributed by atoms with Gasteiger partial charge in [0.2, 0.25) is 0 Å². The van der Waals surface area contributed by atoms with Crippen LogP contribution in [0.3, 0.4) is 0 Å². The molecule has 0 aliphatic heterocycles. The number of hydrogen-bond acceptors (Lipinski definition) is 6. The third-order valence-corrected chi connectivity index (χ3v) is 2.17. The second-order valence-electron chi connectivity index (χ2n) is 3.68. The summed E-state index contributed by atoms with van der Waals surface area (Å²) < 4.78 is 1.35. The van der Waals surface area contributed by atoms with Gasteiger partial charge in [-0.3, -0.25) is 14.8 Å². The molecular formula is C9H17N5O3. The highest BCUT2D eigenvalue weighted by Gasteiger charge is 2.11. The maximum absolute atomic E-state index is 10.4. The molecule has 0 spiro atoms. The summed E-state index contributed by atoms with van der Waals surface area (Å²) in [4.78, 5) is 9.89. The van der Waals surface area contributed by atoms with E-state index in [9.17, 15) is 15.2 Å². The number of nitro groups is 1. The van der Waals surface area contributed by atoms with Crippen molar-refractivity contribution in [1.82, 2.24) is 15.1 Å². The lowest BCUT2D eigenvalue weighted by Gasteiger charge is -2.11. The fraction of sp³-hybridized carbons (Fsp3) is 0.667. The maximum Gasteiger partial charge on any atom is 0.306 e. The first kappa shape index (κ1) is 13.6. The van der Waals surface area contributed by atoms with Crippen LogP contribution in [0.4, 0.5) is 5.69 Å². The van der Waals surface area contributed by atoms with Gasteiger partial charge in [0.25, 0.3) is 0 Å². The van der Waals surface area contributed by atoms with Crippen molar-refractivity contribution in [3.05, 3.63) is 22.5 Å². The standard InChI is InChI=1S/C9H17N5O3/c10-2-1-3-11-5-9(15)7-13-6-8(4-12-13)14(16)17/h4,6,9,11,15H,1-3,5,7,10H2. The molecule has 17 heavy (non-hydrogen) atoms. The number of hydrogen-bond donors (Lipinski definition) is 3. The molecule has 0 amide bonds. The van der Waals surface area contributed by atoms with Crippen molar-refractivity contribution < 1.29 is 10.0 Å². The maximum atomic E-state index is 10.4. The van der Waals surface area contributed by atoms with E-state index in [1.807, 2.05) is 0 Å². The molecule has 0 radical (unpaired) electrons. The van der Waals surface area contributed by atoms with Crippen LogP contribution in [0.25, 0.3) is 0 Å². The summed E-state index contributed by atoms with van der Waals surface area (Å²) in [5.41, 5.74) is 5.24. The Morgan fingerprint density at radius 3 is 3.06 bits per heavy atom. The molecule has 1 heterocycles. The Bertz CT molecular complexity index is 354. The Hall–Kier alpha value is -1.51. The third-order valence-electron chi connectivity index (χ3n) is 2.17. The molecule has 0 bridgehead atoms. The van der Waals surface area contributed by atoms with Crippen molar-refractivity contribution in [3.63, 3.8) is 0 Å². The molecule has 1 rings (SSSR count).